The lowest BCUT2D eigenvalue weighted by molar-refractivity contribution is -0.389. The van der Waals surface area contributed by atoms with Crippen LogP contribution in [0.15, 0.2) is 0 Å². The summed E-state index contributed by atoms with van der Waals surface area (Å²) >= 11 is 0. The second-order valence-electron chi connectivity index (χ2n) is 6.19. The molecule has 8 N–H and O–H groups in total. The number of hydrogen-bond donors (Lipinski definition) is 6. The predicted molar refractivity (Wildman–Crippen MR) is 105 cm³/mol. The molecule has 0 saturated carbocycles. The van der Waals surface area contributed by atoms with E-state index in [-0.39, 0.29) is 0 Å². The molecule has 0 bridgehead atoms. The first-order valence-electron chi connectivity index (χ1n) is 8.58. The van der Waals surface area contributed by atoms with Gasteiger partial charge in [0.2, 0.25) is 29.5 Å². The van der Waals surface area contributed by atoms with Crippen molar-refractivity contribution in [3.63, 3.8) is 0 Å². The number of quaternary nitrogens is 1. The van der Waals surface area contributed by atoms with Crippen LogP contribution in [-0.4, -0.2) is 72.1 Å². The van der Waals surface area contributed by atoms with Gasteiger partial charge in [0.15, 0.2) is 0 Å². The average molecular weight is 423 g/mol. The standard InChI is InChI=1S/C18H26N6O6/c1-8(7-25)20-15(27)10(3)22-17(29)12(5)24-18(30)13(6)23-16(28)11(4)21-14(26)9(2)19/h7-13H,1-6,19H2,(H,20,27)(H,21,26)(H,22,29)(H,23,28)(H,24,30)/q-6/p+1/t8-,9-,10-,11-,12-,13-/m0/s1. The lowest BCUT2D eigenvalue weighted by atomic mass is 10.2. The summed E-state index contributed by atoms with van der Waals surface area (Å²) in [5, 5.41) is 11.0. The van der Waals surface area contributed by atoms with Gasteiger partial charge in [-0.1, -0.05) is 0 Å². The first kappa shape index (κ1) is 27.0. The maximum Gasteiger partial charge on any atom is 0.243 e. The van der Waals surface area contributed by atoms with Crippen molar-refractivity contribution in [1.82, 2.24) is 26.6 Å². The summed E-state index contributed by atoms with van der Waals surface area (Å²) in [6, 6.07) is -7.08. The van der Waals surface area contributed by atoms with Gasteiger partial charge in [0.1, 0.15) is 6.29 Å². The lowest BCUT2D eigenvalue weighted by Gasteiger charge is -2.30. The number of aldehydes is 1. The van der Waals surface area contributed by atoms with E-state index in [4.69, 9.17) is 0 Å². The Labute approximate surface area is 175 Å². The van der Waals surface area contributed by atoms with Gasteiger partial charge in [-0.25, -0.2) is 0 Å². The summed E-state index contributed by atoms with van der Waals surface area (Å²) in [7, 11) is 0. The van der Waals surface area contributed by atoms with Crippen LogP contribution < -0.4 is 32.3 Å². The highest BCUT2D eigenvalue weighted by molar-refractivity contribution is 5.96. The third-order valence-corrected chi connectivity index (χ3v) is 3.39. The number of hydrogen-bond acceptors (Lipinski definition) is 6. The minimum atomic E-state index is -1.36. The Kier molecular flexibility index (Phi) is 11.3. The Morgan fingerprint density at radius 3 is 1.10 bits per heavy atom. The fraction of sp³-hybridized carbons (Fsp3) is 0.333. The number of amides is 5. The average Bonchev–Trinajstić information content (AvgIpc) is 2.66. The van der Waals surface area contributed by atoms with Gasteiger partial charge in [0.25, 0.3) is 0 Å². The van der Waals surface area contributed by atoms with E-state index in [1.165, 1.54) is 0 Å². The normalized spacial score (nSPS) is 16.5. The second kappa shape index (κ2) is 12.5. The first-order chi connectivity index (χ1) is 13.8. The molecule has 0 fully saturated rings. The molecular weight excluding hydrogens is 396 g/mol. The van der Waals surface area contributed by atoms with Crippen LogP contribution in [0.3, 0.4) is 0 Å². The molecule has 0 saturated heterocycles. The maximum atomic E-state index is 12.1. The van der Waals surface area contributed by atoms with Gasteiger partial charge in [-0.05, 0) is 30.2 Å². The van der Waals surface area contributed by atoms with Crippen molar-refractivity contribution >= 4 is 35.8 Å². The van der Waals surface area contributed by atoms with E-state index in [2.05, 4.69) is 73.9 Å². The SMILES string of the molecule is [CH2-][C@H]([NH3+])C(=O)N[C@@H]([CH2-])C(=O)N[C@@H]([CH2-])C(=O)N[C@@H]([CH2-])C(=O)N[C@@H]([CH2-])C(=O)N[C@@H]([CH2-])C=O. The van der Waals surface area contributed by atoms with Gasteiger partial charge in [-0.3, -0.25) is 30.9 Å². The van der Waals surface area contributed by atoms with Crippen LogP contribution in [0.2, 0.25) is 0 Å². The van der Waals surface area contributed by atoms with Gasteiger partial charge in [0.05, 0.1) is 0 Å². The van der Waals surface area contributed by atoms with E-state index in [9.17, 15) is 28.8 Å². The molecule has 12 heteroatoms. The molecule has 0 unspecified atom stereocenters. The molecule has 0 aromatic rings. The lowest BCUT2D eigenvalue weighted by Crippen LogP contribution is -2.67. The number of nitrogens with one attached hydrogen (secondary N) is 5. The summed E-state index contributed by atoms with van der Waals surface area (Å²) in [5.74, 6) is -3.92. The Balaban J connectivity index is 4.60. The fourth-order valence-electron chi connectivity index (χ4n) is 1.69. The topological polar surface area (TPSA) is 190 Å². The van der Waals surface area contributed by atoms with E-state index in [1.807, 2.05) is 0 Å². The number of carbonyl (C=O) groups excluding carboxylic acids is 6. The Hall–Kier alpha value is -3.02. The highest BCUT2D eigenvalue weighted by Gasteiger charge is 2.18. The molecule has 170 valence electrons. The molecule has 0 aromatic heterocycles. The predicted octanol–water partition coefficient (Wildman–Crippen LogP) is -4.78. The van der Waals surface area contributed by atoms with Gasteiger partial charge in [0, 0.05) is 6.04 Å². The quantitative estimate of drug-likeness (QED) is 0.143. The molecule has 0 radical (unpaired) electrons. The Morgan fingerprint density at radius 1 is 0.567 bits per heavy atom. The molecule has 0 spiro atoms. The van der Waals surface area contributed by atoms with Crippen molar-refractivity contribution in [1.29, 1.82) is 0 Å². The molecule has 6 atom stereocenters. The summed E-state index contributed by atoms with van der Waals surface area (Å²) in [5.41, 5.74) is 3.39. The molecule has 5 amide bonds. The molecular formula is C18H27N6O6-5. The van der Waals surface area contributed by atoms with Crippen LogP contribution >= 0.6 is 0 Å². The molecule has 0 aliphatic heterocycles. The molecule has 0 aliphatic rings. The molecule has 0 aliphatic carbocycles. The van der Waals surface area contributed by atoms with E-state index < -0.39 is 65.8 Å². The van der Waals surface area contributed by atoms with E-state index in [0.29, 0.717) is 6.29 Å². The monoisotopic (exact) mass is 423 g/mol. The summed E-state index contributed by atoms with van der Waals surface area (Å²) in [6.45, 7) is 20.4. The van der Waals surface area contributed by atoms with Crippen molar-refractivity contribution < 1.29 is 34.5 Å². The first-order valence-corrected chi connectivity index (χ1v) is 8.58. The van der Waals surface area contributed by atoms with Gasteiger partial charge in [-0.15, -0.1) is 0 Å². The molecule has 12 nitrogen and oxygen atoms in total. The highest BCUT2D eigenvalue weighted by Crippen LogP contribution is 1.92. The maximum absolute atomic E-state index is 12.1. The summed E-state index contributed by atoms with van der Waals surface area (Å²) in [6.07, 6.45) is 0.387. The zero-order chi connectivity index (χ0) is 23.6. The van der Waals surface area contributed by atoms with Crippen molar-refractivity contribution in [3.8, 4) is 0 Å². The third-order valence-electron chi connectivity index (χ3n) is 3.39. The van der Waals surface area contributed by atoms with Crippen molar-refractivity contribution in [2.45, 2.75) is 36.3 Å². The zero-order valence-electron chi connectivity index (χ0n) is 16.4. The molecule has 0 aromatic carbocycles. The van der Waals surface area contributed by atoms with Crippen LogP contribution in [0.25, 0.3) is 0 Å². The molecule has 30 heavy (non-hydrogen) atoms. The highest BCUT2D eigenvalue weighted by atomic mass is 16.2. The van der Waals surface area contributed by atoms with Gasteiger partial charge >= 0.3 is 0 Å². The zero-order valence-corrected chi connectivity index (χ0v) is 16.4. The Bertz CT molecular complexity index is 668. The Morgan fingerprint density at radius 2 is 0.833 bits per heavy atom. The molecule has 0 rings (SSSR count). The largest absolute Gasteiger partial charge is 0.377 e. The smallest absolute Gasteiger partial charge is 0.243 e. The fourth-order valence-corrected chi connectivity index (χ4v) is 1.69. The van der Waals surface area contributed by atoms with Crippen LogP contribution in [0.5, 0.6) is 0 Å². The van der Waals surface area contributed by atoms with E-state index in [1.54, 1.807) is 0 Å². The molecule has 0 heterocycles. The second-order valence-corrected chi connectivity index (χ2v) is 6.19. The minimum absolute atomic E-state index is 0.387. The minimum Gasteiger partial charge on any atom is -0.377 e. The number of rotatable bonds is 11. The number of carbonyl (C=O) groups is 6. The van der Waals surface area contributed by atoms with Crippen molar-refractivity contribution in [3.05, 3.63) is 41.5 Å². The van der Waals surface area contributed by atoms with E-state index in [0.717, 1.165) is 0 Å². The van der Waals surface area contributed by atoms with Crippen LogP contribution in [0, 0.1) is 41.5 Å². The van der Waals surface area contributed by atoms with Crippen LogP contribution in [0.4, 0.5) is 0 Å². The van der Waals surface area contributed by atoms with Crippen molar-refractivity contribution in [2.24, 2.45) is 0 Å². The van der Waals surface area contributed by atoms with Gasteiger partial charge in [-0.2, -0.15) is 0 Å². The van der Waals surface area contributed by atoms with Crippen molar-refractivity contribution in [2.75, 3.05) is 0 Å². The van der Waals surface area contributed by atoms with Crippen LogP contribution in [-0.2, 0) is 28.8 Å². The van der Waals surface area contributed by atoms with E-state index >= 15 is 0 Å². The summed E-state index contributed by atoms with van der Waals surface area (Å²) in [4.78, 5) is 69.7. The third kappa shape index (κ3) is 9.45. The van der Waals surface area contributed by atoms with Crippen LogP contribution in [0.1, 0.15) is 0 Å². The van der Waals surface area contributed by atoms with Gasteiger partial charge < -0.3 is 71.7 Å². The summed E-state index contributed by atoms with van der Waals surface area (Å²) < 4.78 is 0.